The van der Waals surface area contributed by atoms with Crippen molar-refractivity contribution in [1.29, 1.82) is 0 Å². The van der Waals surface area contributed by atoms with E-state index in [-0.39, 0.29) is 16.7 Å². The molecule has 1 aliphatic heterocycles. The second-order valence-corrected chi connectivity index (χ2v) is 11.1. The summed E-state index contributed by atoms with van der Waals surface area (Å²) in [5.41, 5.74) is 9.60. The number of hydrogen-bond acceptors (Lipinski definition) is 3. The van der Waals surface area contributed by atoms with Crippen LogP contribution in [0.4, 0.5) is 0 Å². The number of para-hydroxylation sites is 1. The number of ether oxygens (including phenoxy) is 1. The Morgan fingerprint density at radius 2 is 1.97 bits per heavy atom. The molecule has 1 saturated carbocycles. The number of nitrogens with zero attached hydrogens (tertiary/aromatic N) is 1. The molecule has 1 saturated heterocycles. The lowest BCUT2D eigenvalue weighted by Gasteiger charge is -2.64. The number of hydrogen-bond donors (Lipinski definition) is 2. The first kappa shape index (κ1) is 19.7. The zero-order valence-electron chi connectivity index (χ0n) is 20.0. The second kappa shape index (κ2) is 6.24. The van der Waals surface area contributed by atoms with Gasteiger partial charge in [-0.1, -0.05) is 35.4 Å². The highest BCUT2D eigenvalue weighted by atomic mass is 16.5. The maximum atomic E-state index is 11.7. The molecule has 4 aliphatic rings. The summed E-state index contributed by atoms with van der Waals surface area (Å²) < 4.78 is 5.65. The third-order valence-corrected chi connectivity index (χ3v) is 9.84. The van der Waals surface area contributed by atoms with Gasteiger partial charge in [-0.2, -0.15) is 0 Å². The molecular weight excluding hydrogens is 408 g/mol. The first-order valence-corrected chi connectivity index (χ1v) is 12.3. The van der Waals surface area contributed by atoms with Crippen molar-refractivity contribution >= 4 is 10.9 Å². The standard InChI is InChI=1S/C29H32N2O2/c1-16(2)19-14-28-15-20-18-7-5-6-8-21(18)30-26(20)25(19)29(28)11-12-31(3)23(28)13-17-9-10-22(33-4)27(32)24(17)29/h5-10,23,25,30,32H,11-15H2,1-4H3/t23-,25-,28+,29+/m1/s1. The van der Waals surface area contributed by atoms with E-state index in [0.29, 0.717) is 17.5 Å². The quantitative estimate of drug-likeness (QED) is 0.495. The number of piperidine rings is 1. The molecule has 2 aromatic carbocycles. The number of fused-ring (bicyclic) bond motifs is 5. The molecule has 2 N–H and O–H groups in total. The van der Waals surface area contributed by atoms with Gasteiger partial charge in [0.25, 0.3) is 0 Å². The van der Waals surface area contributed by atoms with Gasteiger partial charge < -0.3 is 19.7 Å². The normalized spacial score (nSPS) is 31.8. The van der Waals surface area contributed by atoms with E-state index in [0.717, 1.165) is 32.2 Å². The van der Waals surface area contributed by atoms with Crippen molar-refractivity contribution in [2.45, 2.75) is 56.9 Å². The molecule has 0 radical (unpaired) electrons. The summed E-state index contributed by atoms with van der Waals surface area (Å²) in [6, 6.07) is 13.4. The minimum Gasteiger partial charge on any atom is -0.504 e. The highest BCUT2D eigenvalue weighted by Crippen LogP contribution is 2.76. The van der Waals surface area contributed by atoms with Gasteiger partial charge in [0.15, 0.2) is 11.5 Å². The van der Waals surface area contributed by atoms with Crippen LogP contribution in [-0.4, -0.2) is 41.7 Å². The van der Waals surface area contributed by atoms with Gasteiger partial charge in [0.1, 0.15) is 0 Å². The maximum absolute atomic E-state index is 11.7. The largest absolute Gasteiger partial charge is 0.504 e. The monoisotopic (exact) mass is 440 g/mol. The molecule has 4 bridgehead atoms. The number of methoxy groups -OCH3 is 1. The first-order valence-electron chi connectivity index (χ1n) is 12.3. The molecule has 1 aromatic heterocycles. The van der Waals surface area contributed by atoms with Gasteiger partial charge >= 0.3 is 0 Å². The fourth-order valence-corrected chi connectivity index (χ4v) is 8.64. The van der Waals surface area contributed by atoms with Crippen molar-refractivity contribution in [3.8, 4) is 11.5 Å². The minimum absolute atomic E-state index is 0.0755. The fraction of sp³-hybridized carbons (Fsp3) is 0.448. The van der Waals surface area contributed by atoms with Gasteiger partial charge in [0, 0.05) is 45.0 Å². The lowest BCUT2D eigenvalue weighted by atomic mass is 9.44. The molecular formula is C29H32N2O2. The number of phenolic OH excluding ortho intramolecular Hbond substituents is 1. The van der Waals surface area contributed by atoms with Crippen LogP contribution >= 0.6 is 0 Å². The van der Waals surface area contributed by atoms with Gasteiger partial charge in [-0.05, 0) is 76.4 Å². The number of nitrogens with one attached hydrogen (secondary N) is 1. The molecule has 7 rings (SSSR count). The Balaban J connectivity index is 1.64. The molecule has 4 atom stereocenters. The summed E-state index contributed by atoms with van der Waals surface area (Å²) in [5.74, 6) is 1.25. The number of rotatable bonds is 1. The van der Waals surface area contributed by atoms with E-state index in [1.165, 1.54) is 38.9 Å². The van der Waals surface area contributed by atoms with Crippen LogP contribution in [0, 0.1) is 5.41 Å². The van der Waals surface area contributed by atoms with E-state index in [2.05, 4.69) is 61.1 Å². The zero-order valence-corrected chi connectivity index (χ0v) is 20.0. The number of benzene rings is 2. The van der Waals surface area contributed by atoms with E-state index >= 15 is 0 Å². The van der Waals surface area contributed by atoms with E-state index in [9.17, 15) is 5.11 Å². The summed E-state index contributed by atoms with van der Waals surface area (Å²) in [4.78, 5) is 6.50. The Bertz CT molecular complexity index is 1360. The number of phenols is 1. The summed E-state index contributed by atoms with van der Waals surface area (Å²) in [7, 11) is 3.99. The molecule has 0 unspecified atom stereocenters. The summed E-state index contributed by atoms with van der Waals surface area (Å²) >= 11 is 0. The van der Waals surface area contributed by atoms with Gasteiger partial charge in [0.2, 0.25) is 0 Å². The van der Waals surface area contributed by atoms with Crippen molar-refractivity contribution in [1.82, 2.24) is 9.88 Å². The molecule has 3 aromatic rings. The number of aromatic hydroxyl groups is 1. The lowest BCUT2D eigenvalue weighted by molar-refractivity contribution is -0.0508. The Morgan fingerprint density at radius 3 is 2.76 bits per heavy atom. The highest BCUT2D eigenvalue weighted by molar-refractivity contribution is 5.86. The zero-order chi connectivity index (χ0) is 22.7. The smallest absolute Gasteiger partial charge is 0.161 e. The molecule has 4 heteroatoms. The fourth-order valence-electron chi connectivity index (χ4n) is 8.64. The Morgan fingerprint density at radius 1 is 1.15 bits per heavy atom. The Kier molecular flexibility index (Phi) is 3.73. The summed E-state index contributed by atoms with van der Waals surface area (Å²) in [6.07, 6.45) is 4.22. The van der Waals surface area contributed by atoms with Crippen LogP contribution in [-0.2, 0) is 18.3 Å². The van der Waals surface area contributed by atoms with Crippen molar-refractivity contribution < 1.29 is 9.84 Å². The van der Waals surface area contributed by atoms with Crippen LogP contribution in [0.2, 0.25) is 0 Å². The predicted octanol–water partition coefficient (Wildman–Crippen LogP) is 5.45. The average Bonchev–Trinajstić information content (AvgIpc) is 3.27. The van der Waals surface area contributed by atoms with Crippen molar-refractivity contribution in [3.05, 3.63) is 69.9 Å². The second-order valence-electron chi connectivity index (χ2n) is 11.1. The molecule has 4 nitrogen and oxygen atoms in total. The van der Waals surface area contributed by atoms with E-state index in [1.807, 2.05) is 6.07 Å². The van der Waals surface area contributed by atoms with Crippen molar-refractivity contribution in [2.75, 3.05) is 20.7 Å². The van der Waals surface area contributed by atoms with Crippen LogP contribution in [0.25, 0.3) is 10.9 Å². The van der Waals surface area contributed by atoms with Crippen molar-refractivity contribution in [3.63, 3.8) is 0 Å². The number of H-pyrrole nitrogens is 1. The molecule has 2 fully saturated rings. The van der Waals surface area contributed by atoms with E-state index in [4.69, 9.17) is 4.74 Å². The Hall–Kier alpha value is -2.72. The molecule has 2 heterocycles. The van der Waals surface area contributed by atoms with Crippen LogP contribution in [0.3, 0.4) is 0 Å². The van der Waals surface area contributed by atoms with Crippen LogP contribution < -0.4 is 4.74 Å². The number of allylic oxidation sites excluding steroid dienone is 2. The minimum atomic E-state index is -0.114. The third kappa shape index (κ3) is 2.08. The predicted molar refractivity (Wildman–Crippen MR) is 131 cm³/mol. The van der Waals surface area contributed by atoms with Crippen LogP contribution in [0.1, 0.15) is 55.0 Å². The molecule has 170 valence electrons. The average molecular weight is 441 g/mol. The lowest BCUT2D eigenvalue weighted by Crippen LogP contribution is -2.67. The summed E-state index contributed by atoms with van der Waals surface area (Å²) in [6.45, 7) is 5.64. The van der Waals surface area contributed by atoms with Crippen molar-refractivity contribution in [2.24, 2.45) is 5.41 Å². The topological polar surface area (TPSA) is 48.5 Å². The van der Waals surface area contributed by atoms with Gasteiger partial charge in [0.05, 0.1) is 7.11 Å². The van der Waals surface area contributed by atoms with Gasteiger partial charge in [-0.15, -0.1) is 0 Å². The SMILES string of the molecule is COc1ccc2c(c1O)[C@]13CCN(C)[C@H](C2)[C@@]12CC(=C(C)C)[C@@H]3c1[nH]c3ccccc3c1C2. The highest BCUT2D eigenvalue weighted by Gasteiger charge is 2.73. The van der Waals surface area contributed by atoms with E-state index < -0.39 is 0 Å². The maximum Gasteiger partial charge on any atom is 0.161 e. The number of likely N-dealkylation sites (N-methyl/N-ethyl adjacent to an activating group) is 1. The Labute approximate surface area is 195 Å². The van der Waals surface area contributed by atoms with E-state index in [1.54, 1.807) is 12.7 Å². The van der Waals surface area contributed by atoms with Crippen LogP contribution in [0.15, 0.2) is 47.5 Å². The first-order chi connectivity index (χ1) is 15.9. The van der Waals surface area contributed by atoms with Gasteiger partial charge in [-0.25, -0.2) is 0 Å². The number of likely N-dealkylation sites (tertiary alicyclic amines) is 1. The molecule has 0 spiro atoms. The molecule has 33 heavy (non-hydrogen) atoms. The summed E-state index contributed by atoms with van der Waals surface area (Å²) in [5, 5.41) is 13.0. The van der Waals surface area contributed by atoms with Crippen LogP contribution in [0.5, 0.6) is 11.5 Å². The molecule has 3 aliphatic carbocycles. The van der Waals surface area contributed by atoms with Gasteiger partial charge in [-0.3, -0.25) is 0 Å². The number of aromatic amines is 1. The number of aromatic nitrogens is 1. The molecule has 0 amide bonds. The third-order valence-electron chi connectivity index (χ3n) is 9.84.